The van der Waals surface area contributed by atoms with Gasteiger partial charge in [-0.05, 0) is 31.3 Å². The van der Waals surface area contributed by atoms with Crippen LogP contribution < -0.4 is 11.1 Å². The Hall–Kier alpha value is -0.480. The molecule has 1 amide bonds. The van der Waals surface area contributed by atoms with Gasteiger partial charge in [-0.15, -0.1) is 0 Å². The van der Waals surface area contributed by atoms with E-state index in [-0.39, 0.29) is 23.9 Å². The lowest BCUT2D eigenvalue weighted by atomic mass is 10.1. The molecule has 0 aliphatic heterocycles. The van der Waals surface area contributed by atoms with E-state index in [0.29, 0.717) is 0 Å². The molecule has 0 fully saturated rings. The Morgan fingerprint density at radius 3 is 2.94 bits per heavy atom. The number of carbonyl (C=O) groups excluding carboxylic acids is 1. The largest absolute Gasteiger partial charge is 0.353 e. The van der Waals surface area contributed by atoms with Gasteiger partial charge >= 0.3 is 0 Å². The van der Waals surface area contributed by atoms with E-state index in [9.17, 15) is 4.79 Å². The van der Waals surface area contributed by atoms with Crippen molar-refractivity contribution >= 4 is 17.7 Å². The molecule has 0 radical (unpaired) electrons. The number of carbonyl (C=O) groups is 1. The van der Waals surface area contributed by atoms with E-state index < -0.39 is 0 Å². The summed E-state index contributed by atoms with van der Waals surface area (Å²) in [7, 11) is 0. The fourth-order valence-electron chi connectivity index (χ4n) is 1.75. The van der Waals surface area contributed by atoms with Crippen molar-refractivity contribution in [2.75, 3.05) is 11.5 Å². The van der Waals surface area contributed by atoms with Crippen molar-refractivity contribution in [1.29, 1.82) is 0 Å². The number of rotatable bonds is 6. The fourth-order valence-corrected chi connectivity index (χ4v) is 2.56. The quantitative estimate of drug-likeness (QED) is 0.549. The van der Waals surface area contributed by atoms with Gasteiger partial charge in [0.15, 0.2) is 0 Å². The predicted molar refractivity (Wildman–Crippen MR) is 70.4 cm³/mol. The summed E-state index contributed by atoms with van der Waals surface area (Å²) in [6.45, 7) is 4.21. The highest BCUT2D eigenvalue weighted by Gasteiger charge is 2.23. The van der Waals surface area contributed by atoms with Crippen LogP contribution in [0, 0.1) is 5.92 Å². The Balaban J connectivity index is 2.21. The summed E-state index contributed by atoms with van der Waals surface area (Å²) >= 11 is 1.91. The first kappa shape index (κ1) is 13.6. The molecule has 92 valence electrons. The normalized spacial score (nSPS) is 25.7. The second-order valence-electron chi connectivity index (χ2n) is 4.29. The summed E-state index contributed by atoms with van der Waals surface area (Å²) in [6, 6.07) is 0.318. The van der Waals surface area contributed by atoms with Crippen LogP contribution in [0.3, 0.4) is 0 Å². The molecule has 3 N–H and O–H groups in total. The maximum absolute atomic E-state index is 11.8. The maximum Gasteiger partial charge on any atom is 0.227 e. The van der Waals surface area contributed by atoms with E-state index in [0.717, 1.165) is 24.3 Å². The third-order valence-electron chi connectivity index (χ3n) is 2.74. The van der Waals surface area contributed by atoms with Gasteiger partial charge in [-0.1, -0.05) is 19.1 Å². The molecular formula is C12H22N2OS. The summed E-state index contributed by atoms with van der Waals surface area (Å²) in [6.07, 6.45) is 5.63. The molecule has 1 aliphatic rings. The van der Waals surface area contributed by atoms with E-state index in [1.54, 1.807) is 0 Å². The highest BCUT2D eigenvalue weighted by Crippen LogP contribution is 2.16. The zero-order valence-electron chi connectivity index (χ0n) is 10.1. The van der Waals surface area contributed by atoms with Crippen LogP contribution in [-0.4, -0.2) is 29.5 Å². The van der Waals surface area contributed by atoms with Crippen LogP contribution in [0.2, 0.25) is 0 Å². The lowest BCUT2D eigenvalue weighted by molar-refractivity contribution is -0.124. The number of amides is 1. The lowest BCUT2D eigenvalue weighted by Gasteiger charge is -2.16. The van der Waals surface area contributed by atoms with Crippen LogP contribution in [0.5, 0.6) is 0 Å². The Morgan fingerprint density at radius 2 is 2.38 bits per heavy atom. The first-order valence-corrected chi connectivity index (χ1v) is 7.11. The summed E-state index contributed by atoms with van der Waals surface area (Å²) in [5, 5.41) is 3.04. The molecule has 0 saturated carbocycles. The number of thioether (sulfide) groups is 1. The van der Waals surface area contributed by atoms with Crippen molar-refractivity contribution in [3.05, 3.63) is 12.2 Å². The topological polar surface area (TPSA) is 55.1 Å². The zero-order valence-corrected chi connectivity index (χ0v) is 10.9. The Labute approximate surface area is 102 Å². The SMILES string of the molecule is CCSCCC(C)NC(=O)C1C=CC(N)C1. The first-order chi connectivity index (χ1) is 7.63. The van der Waals surface area contributed by atoms with Crippen molar-refractivity contribution in [3.8, 4) is 0 Å². The number of nitrogens with two attached hydrogens (primary N) is 1. The smallest absolute Gasteiger partial charge is 0.227 e. The van der Waals surface area contributed by atoms with E-state index in [4.69, 9.17) is 5.73 Å². The third-order valence-corrected chi connectivity index (χ3v) is 3.67. The number of hydrogen-bond donors (Lipinski definition) is 2. The minimum Gasteiger partial charge on any atom is -0.353 e. The Bertz CT molecular complexity index is 255. The van der Waals surface area contributed by atoms with Gasteiger partial charge in [0.1, 0.15) is 0 Å². The van der Waals surface area contributed by atoms with Crippen LogP contribution in [0.25, 0.3) is 0 Å². The molecule has 3 nitrogen and oxygen atoms in total. The average molecular weight is 242 g/mol. The van der Waals surface area contributed by atoms with Crippen molar-refractivity contribution in [2.24, 2.45) is 11.7 Å². The zero-order chi connectivity index (χ0) is 12.0. The molecule has 1 aliphatic carbocycles. The second kappa shape index (κ2) is 6.97. The summed E-state index contributed by atoms with van der Waals surface area (Å²) in [5.74, 6) is 2.35. The first-order valence-electron chi connectivity index (χ1n) is 5.95. The molecule has 3 unspecified atom stereocenters. The van der Waals surface area contributed by atoms with Gasteiger partial charge in [0, 0.05) is 12.1 Å². The summed E-state index contributed by atoms with van der Waals surface area (Å²) < 4.78 is 0. The minimum atomic E-state index is -0.0173. The molecule has 0 aromatic heterocycles. The molecule has 0 aromatic rings. The molecule has 0 bridgehead atoms. The van der Waals surface area contributed by atoms with Gasteiger partial charge in [-0.3, -0.25) is 4.79 Å². The summed E-state index contributed by atoms with van der Waals surface area (Å²) in [4.78, 5) is 11.8. The molecule has 16 heavy (non-hydrogen) atoms. The van der Waals surface area contributed by atoms with Gasteiger partial charge in [-0.25, -0.2) is 0 Å². The standard InChI is InChI=1S/C12H22N2OS/c1-3-16-7-6-9(2)14-12(15)10-4-5-11(13)8-10/h4-5,9-11H,3,6-8,13H2,1-2H3,(H,14,15). The lowest BCUT2D eigenvalue weighted by Crippen LogP contribution is -2.37. The average Bonchev–Trinajstić information content (AvgIpc) is 2.65. The monoisotopic (exact) mass is 242 g/mol. The highest BCUT2D eigenvalue weighted by atomic mass is 32.2. The van der Waals surface area contributed by atoms with Gasteiger partial charge in [0.05, 0.1) is 5.92 Å². The molecule has 0 spiro atoms. The van der Waals surface area contributed by atoms with Gasteiger partial charge in [-0.2, -0.15) is 11.8 Å². The molecule has 0 aromatic carbocycles. The van der Waals surface area contributed by atoms with Gasteiger partial charge < -0.3 is 11.1 Å². The predicted octanol–water partition coefficient (Wildman–Crippen LogP) is 1.54. The molecule has 1 rings (SSSR count). The number of nitrogens with one attached hydrogen (secondary N) is 1. The molecule has 0 heterocycles. The van der Waals surface area contributed by atoms with E-state index >= 15 is 0 Å². The Morgan fingerprint density at radius 1 is 1.62 bits per heavy atom. The maximum atomic E-state index is 11.8. The second-order valence-corrected chi connectivity index (χ2v) is 5.68. The summed E-state index contributed by atoms with van der Waals surface area (Å²) in [5.41, 5.74) is 5.72. The van der Waals surface area contributed by atoms with E-state index in [2.05, 4.69) is 19.2 Å². The van der Waals surface area contributed by atoms with Crippen LogP contribution in [0.15, 0.2) is 12.2 Å². The van der Waals surface area contributed by atoms with Crippen molar-refractivity contribution in [3.63, 3.8) is 0 Å². The van der Waals surface area contributed by atoms with Crippen molar-refractivity contribution in [1.82, 2.24) is 5.32 Å². The Kier molecular flexibility index (Phi) is 5.91. The third kappa shape index (κ3) is 4.58. The molecule has 4 heteroatoms. The van der Waals surface area contributed by atoms with Crippen LogP contribution in [0.1, 0.15) is 26.7 Å². The van der Waals surface area contributed by atoms with Crippen LogP contribution >= 0.6 is 11.8 Å². The highest BCUT2D eigenvalue weighted by molar-refractivity contribution is 7.99. The number of hydrogen-bond acceptors (Lipinski definition) is 3. The van der Waals surface area contributed by atoms with Gasteiger partial charge in [0.2, 0.25) is 5.91 Å². The van der Waals surface area contributed by atoms with E-state index in [1.807, 2.05) is 23.9 Å². The molecule has 0 saturated heterocycles. The van der Waals surface area contributed by atoms with Gasteiger partial charge in [0.25, 0.3) is 0 Å². The van der Waals surface area contributed by atoms with Crippen molar-refractivity contribution < 1.29 is 4.79 Å². The minimum absolute atomic E-state index is 0.0173. The van der Waals surface area contributed by atoms with Crippen molar-refractivity contribution in [2.45, 2.75) is 38.8 Å². The molecule has 3 atom stereocenters. The van der Waals surface area contributed by atoms with E-state index in [1.165, 1.54) is 0 Å². The van der Waals surface area contributed by atoms with Crippen LogP contribution in [0.4, 0.5) is 0 Å². The molecular weight excluding hydrogens is 220 g/mol. The van der Waals surface area contributed by atoms with Crippen LogP contribution in [-0.2, 0) is 4.79 Å². The fraction of sp³-hybridized carbons (Fsp3) is 0.750.